The summed E-state index contributed by atoms with van der Waals surface area (Å²) in [4.78, 5) is 39.2. The molecule has 0 atom stereocenters. The molecule has 1 aromatic carbocycles. The Morgan fingerprint density at radius 2 is 1.91 bits per heavy atom. The number of hydrogen-bond donors (Lipinski definition) is 4. The minimum absolute atomic E-state index is 0.118. The number of benzene rings is 1. The highest BCUT2D eigenvalue weighted by Crippen LogP contribution is 2.35. The predicted molar refractivity (Wildman–Crippen MR) is 118 cm³/mol. The summed E-state index contributed by atoms with van der Waals surface area (Å²) in [6.07, 6.45) is 0.612. The fourth-order valence-corrected chi connectivity index (χ4v) is 3.44. The van der Waals surface area contributed by atoms with Crippen LogP contribution in [0.4, 0.5) is 10.3 Å². The van der Waals surface area contributed by atoms with Crippen LogP contribution >= 0.6 is 0 Å². The van der Waals surface area contributed by atoms with Crippen LogP contribution in [0, 0.1) is 11.2 Å². The Balaban J connectivity index is 1.68. The van der Waals surface area contributed by atoms with Gasteiger partial charge in [0.05, 0.1) is 35.7 Å². The van der Waals surface area contributed by atoms with E-state index in [0.29, 0.717) is 28.5 Å². The van der Waals surface area contributed by atoms with Crippen LogP contribution in [0.15, 0.2) is 36.5 Å². The number of carbonyl (C=O) groups is 2. The zero-order valence-corrected chi connectivity index (χ0v) is 18.5. The van der Waals surface area contributed by atoms with Gasteiger partial charge in [0.2, 0.25) is 18.1 Å². The number of carboxylic acids is 1. The van der Waals surface area contributed by atoms with Crippen LogP contribution in [0.1, 0.15) is 19.0 Å². The molecule has 0 unspecified atom stereocenters. The van der Waals surface area contributed by atoms with Gasteiger partial charge in [-0.05, 0) is 37.3 Å². The second-order valence-corrected chi connectivity index (χ2v) is 7.96. The third-order valence-corrected chi connectivity index (χ3v) is 5.25. The summed E-state index contributed by atoms with van der Waals surface area (Å²) < 4.78 is 25.1. The number of nitrogens with one attached hydrogen (secondary N) is 3. The summed E-state index contributed by atoms with van der Waals surface area (Å²) in [7, 11) is 1.55. The van der Waals surface area contributed by atoms with Crippen molar-refractivity contribution in [2.75, 3.05) is 32.1 Å². The minimum atomic E-state index is -1.06. The van der Waals surface area contributed by atoms with E-state index in [-0.39, 0.29) is 31.6 Å². The van der Waals surface area contributed by atoms with Gasteiger partial charge in [-0.1, -0.05) is 0 Å². The van der Waals surface area contributed by atoms with Gasteiger partial charge in [0.15, 0.2) is 5.82 Å². The lowest BCUT2D eigenvalue weighted by Gasteiger charge is -2.34. The third kappa shape index (κ3) is 4.87. The molecular formula is C22H23FN6O5. The first-order valence-electron chi connectivity index (χ1n) is 10.4. The van der Waals surface area contributed by atoms with Gasteiger partial charge in [-0.3, -0.25) is 9.59 Å². The summed E-state index contributed by atoms with van der Waals surface area (Å²) in [5.41, 5.74) is 1.15. The average molecular weight is 470 g/mol. The van der Waals surface area contributed by atoms with E-state index in [1.54, 1.807) is 32.2 Å². The van der Waals surface area contributed by atoms with E-state index in [1.807, 2.05) is 0 Å². The van der Waals surface area contributed by atoms with Gasteiger partial charge in [-0.25, -0.2) is 19.3 Å². The van der Waals surface area contributed by atoms with Crippen molar-refractivity contribution < 1.29 is 28.6 Å². The molecule has 0 spiro atoms. The number of aromatic amines is 1. The number of nitrogens with zero attached hydrogens (tertiary/aromatic N) is 3. The largest absolute Gasteiger partial charge is 0.480 e. The van der Waals surface area contributed by atoms with Gasteiger partial charge in [0.1, 0.15) is 12.4 Å². The van der Waals surface area contributed by atoms with E-state index in [4.69, 9.17) is 14.6 Å². The summed E-state index contributed by atoms with van der Waals surface area (Å²) in [5.74, 6) is -1.18. The fourth-order valence-electron chi connectivity index (χ4n) is 3.44. The van der Waals surface area contributed by atoms with Crippen molar-refractivity contribution in [1.82, 2.24) is 25.3 Å². The van der Waals surface area contributed by atoms with Crippen LogP contribution in [0.2, 0.25) is 0 Å². The van der Waals surface area contributed by atoms with Crippen molar-refractivity contribution in [1.29, 1.82) is 0 Å². The number of carboxylic acid groups (broad SMARTS) is 1. The molecule has 1 aliphatic rings. The molecule has 2 aromatic heterocycles. The number of amides is 1. The van der Waals surface area contributed by atoms with E-state index in [0.717, 1.165) is 0 Å². The fraction of sp³-hybridized carbons (Fsp3) is 0.318. The Labute approximate surface area is 193 Å². The van der Waals surface area contributed by atoms with E-state index in [9.17, 15) is 14.0 Å². The van der Waals surface area contributed by atoms with Crippen molar-refractivity contribution in [3.05, 3.63) is 48.2 Å². The van der Waals surface area contributed by atoms with Gasteiger partial charge >= 0.3 is 5.97 Å². The standard InChI is InChI=1S/C22H23FN6O5/c1-22(20(32)24-2)10-33-19(34-11-22)18-28-16(12-3-5-13(23)6-4-12)17(29-18)14-7-8-25-21(27-14)26-9-15(30)31/h3-8,19H,9-11H2,1-2H3,(H,24,32)(H,28,29)(H,30,31)(H,25,26,27). The molecule has 1 amide bonds. The number of carbonyl (C=O) groups excluding carboxylic acids is 1. The molecule has 3 heterocycles. The number of H-pyrrole nitrogens is 1. The first kappa shape index (κ1) is 23.3. The quantitative estimate of drug-likeness (QED) is 0.406. The summed E-state index contributed by atoms with van der Waals surface area (Å²) in [6.45, 7) is 1.63. The number of anilines is 1. The highest BCUT2D eigenvalue weighted by molar-refractivity contribution is 5.82. The number of imidazole rings is 1. The molecule has 1 fully saturated rings. The molecule has 4 N–H and O–H groups in total. The number of aliphatic carboxylic acids is 1. The average Bonchev–Trinajstić information content (AvgIpc) is 3.29. The second kappa shape index (κ2) is 9.53. The normalized spacial score (nSPS) is 20.0. The lowest BCUT2D eigenvalue weighted by atomic mass is 9.91. The van der Waals surface area contributed by atoms with Gasteiger partial charge in [-0.2, -0.15) is 0 Å². The molecular weight excluding hydrogens is 447 g/mol. The van der Waals surface area contributed by atoms with Crippen LogP contribution in [-0.2, 0) is 19.1 Å². The molecule has 34 heavy (non-hydrogen) atoms. The van der Waals surface area contributed by atoms with Crippen LogP contribution in [0.25, 0.3) is 22.6 Å². The summed E-state index contributed by atoms with van der Waals surface area (Å²) in [5, 5.41) is 14.1. The van der Waals surface area contributed by atoms with Gasteiger partial charge in [-0.15, -0.1) is 0 Å². The van der Waals surface area contributed by atoms with Crippen LogP contribution < -0.4 is 10.6 Å². The number of ether oxygens (including phenoxy) is 2. The Bertz CT molecular complexity index is 1190. The number of halogens is 1. The SMILES string of the molecule is CNC(=O)C1(C)COC(c2nc(-c3ccc(F)cc3)c(-c3ccnc(NCC(=O)O)n3)[nH]2)OC1. The van der Waals surface area contributed by atoms with E-state index in [2.05, 4.69) is 30.6 Å². The van der Waals surface area contributed by atoms with Crippen molar-refractivity contribution in [2.45, 2.75) is 13.2 Å². The second-order valence-electron chi connectivity index (χ2n) is 7.96. The summed E-state index contributed by atoms with van der Waals surface area (Å²) in [6, 6.07) is 7.41. The third-order valence-electron chi connectivity index (χ3n) is 5.25. The Kier molecular flexibility index (Phi) is 6.52. The van der Waals surface area contributed by atoms with Crippen molar-refractivity contribution >= 4 is 17.8 Å². The number of hydrogen-bond acceptors (Lipinski definition) is 8. The lowest BCUT2D eigenvalue weighted by molar-refractivity contribution is -0.230. The minimum Gasteiger partial charge on any atom is -0.480 e. The molecule has 0 aliphatic carbocycles. The monoisotopic (exact) mass is 470 g/mol. The zero-order valence-electron chi connectivity index (χ0n) is 18.5. The molecule has 0 saturated carbocycles. The molecule has 178 valence electrons. The van der Waals surface area contributed by atoms with Crippen LogP contribution in [0.5, 0.6) is 0 Å². The Morgan fingerprint density at radius 3 is 2.56 bits per heavy atom. The Hall–Kier alpha value is -3.90. The molecule has 11 nitrogen and oxygen atoms in total. The van der Waals surface area contributed by atoms with Gasteiger partial charge in [0, 0.05) is 18.8 Å². The van der Waals surface area contributed by atoms with Crippen LogP contribution in [-0.4, -0.2) is 63.7 Å². The maximum atomic E-state index is 13.5. The lowest BCUT2D eigenvalue weighted by Crippen LogP contribution is -2.47. The maximum absolute atomic E-state index is 13.5. The van der Waals surface area contributed by atoms with E-state index in [1.165, 1.54) is 18.3 Å². The highest BCUT2D eigenvalue weighted by atomic mass is 19.1. The highest BCUT2D eigenvalue weighted by Gasteiger charge is 2.40. The van der Waals surface area contributed by atoms with Crippen molar-refractivity contribution in [3.63, 3.8) is 0 Å². The predicted octanol–water partition coefficient (Wildman–Crippen LogP) is 1.97. The molecule has 0 radical (unpaired) electrons. The van der Waals surface area contributed by atoms with Crippen LogP contribution in [0.3, 0.4) is 0 Å². The smallest absolute Gasteiger partial charge is 0.322 e. The van der Waals surface area contributed by atoms with E-state index < -0.39 is 23.5 Å². The van der Waals surface area contributed by atoms with Gasteiger partial charge < -0.3 is 30.2 Å². The Morgan fingerprint density at radius 1 is 1.21 bits per heavy atom. The number of rotatable bonds is 7. The molecule has 0 bridgehead atoms. The van der Waals surface area contributed by atoms with Gasteiger partial charge in [0.25, 0.3) is 0 Å². The molecule has 12 heteroatoms. The van der Waals surface area contributed by atoms with Crippen molar-refractivity contribution in [2.24, 2.45) is 5.41 Å². The number of aromatic nitrogens is 4. The first-order chi connectivity index (χ1) is 16.3. The summed E-state index contributed by atoms with van der Waals surface area (Å²) >= 11 is 0. The first-order valence-corrected chi connectivity index (χ1v) is 10.4. The molecule has 1 saturated heterocycles. The van der Waals surface area contributed by atoms with Crippen molar-refractivity contribution in [3.8, 4) is 22.6 Å². The molecule has 3 aromatic rings. The topological polar surface area (TPSA) is 151 Å². The molecule has 1 aliphatic heterocycles. The van der Waals surface area contributed by atoms with E-state index >= 15 is 0 Å². The maximum Gasteiger partial charge on any atom is 0.322 e. The molecule has 4 rings (SSSR count). The zero-order chi connectivity index (χ0) is 24.3.